The number of rotatable bonds is 4. The first kappa shape index (κ1) is 14.0. The predicted octanol–water partition coefficient (Wildman–Crippen LogP) is 1.03. The lowest BCUT2D eigenvalue weighted by Crippen LogP contribution is -2.23. The summed E-state index contributed by atoms with van der Waals surface area (Å²) in [6.07, 6.45) is 3.12. The molecule has 2 aromatic heterocycles. The number of nitrogen functional groups attached to an aromatic ring is 1. The van der Waals surface area contributed by atoms with E-state index in [0.29, 0.717) is 23.3 Å². The van der Waals surface area contributed by atoms with Crippen LogP contribution in [-0.2, 0) is 11.2 Å². The van der Waals surface area contributed by atoms with Crippen LogP contribution in [0.15, 0.2) is 11.0 Å². The van der Waals surface area contributed by atoms with Crippen molar-refractivity contribution < 1.29 is 9.53 Å². The molecule has 2 heterocycles. The normalized spacial score (nSPS) is 10.7. The molecule has 0 saturated heterocycles. The topological polar surface area (TPSA) is 111 Å². The number of pyridine rings is 1. The number of aromatic amines is 1. The van der Waals surface area contributed by atoms with E-state index in [1.807, 2.05) is 6.92 Å². The molecule has 2 rings (SSSR count). The number of H-pyrrole nitrogens is 1. The van der Waals surface area contributed by atoms with Gasteiger partial charge in [0.25, 0.3) is 5.56 Å². The smallest absolute Gasteiger partial charge is 0.345 e. The summed E-state index contributed by atoms with van der Waals surface area (Å²) in [7, 11) is 0. The van der Waals surface area contributed by atoms with E-state index >= 15 is 0 Å². The number of carbonyl (C=O) groups excluding carboxylic acids is 1. The molecule has 0 aliphatic carbocycles. The summed E-state index contributed by atoms with van der Waals surface area (Å²) in [4.78, 5) is 34.6. The Morgan fingerprint density at radius 3 is 2.85 bits per heavy atom. The summed E-state index contributed by atoms with van der Waals surface area (Å²) in [5.74, 6) is -0.121. The molecule has 0 fully saturated rings. The van der Waals surface area contributed by atoms with Crippen LogP contribution in [0.1, 0.15) is 36.5 Å². The van der Waals surface area contributed by atoms with Crippen molar-refractivity contribution in [3.05, 3.63) is 27.9 Å². The van der Waals surface area contributed by atoms with E-state index in [-0.39, 0.29) is 17.9 Å². The van der Waals surface area contributed by atoms with Gasteiger partial charge in [-0.15, -0.1) is 0 Å². The van der Waals surface area contributed by atoms with E-state index in [2.05, 4.69) is 15.0 Å². The molecule has 0 aliphatic rings. The second-order valence-corrected chi connectivity index (χ2v) is 4.26. The molecule has 106 valence electrons. The number of aryl methyl sites for hydroxylation is 1. The molecule has 0 bridgehead atoms. The monoisotopic (exact) mass is 276 g/mol. The predicted molar refractivity (Wildman–Crippen MR) is 74.5 cm³/mol. The van der Waals surface area contributed by atoms with Crippen molar-refractivity contribution in [2.75, 3.05) is 12.3 Å². The molecular weight excluding hydrogens is 260 g/mol. The van der Waals surface area contributed by atoms with Gasteiger partial charge in [-0.2, -0.15) is 0 Å². The third-order valence-corrected chi connectivity index (χ3v) is 2.81. The van der Waals surface area contributed by atoms with Gasteiger partial charge in [-0.3, -0.25) is 4.79 Å². The highest BCUT2D eigenvalue weighted by Crippen LogP contribution is 2.19. The van der Waals surface area contributed by atoms with Crippen molar-refractivity contribution in [2.24, 2.45) is 0 Å². The fraction of sp³-hybridized carbons (Fsp3) is 0.385. The number of nitrogens with one attached hydrogen (secondary N) is 1. The molecule has 2 aromatic rings. The molecule has 0 aromatic carbocycles. The largest absolute Gasteiger partial charge is 0.462 e. The molecule has 0 spiro atoms. The summed E-state index contributed by atoms with van der Waals surface area (Å²) < 4.78 is 4.82. The van der Waals surface area contributed by atoms with Gasteiger partial charge in [0.1, 0.15) is 17.0 Å². The fourth-order valence-electron chi connectivity index (χ4n) is 1.89. The minimum absolute atomic E-state index is 0.0465. The minimum Gasteiger partial charge on any atom is -0.462 e. The number of carbonyl (C=O) groups is 1. The van der Waals surface area contributed by atoms with Gasteiger partial charge < -0.3 is 15.5 Å². The number of anilines is 1. The van der Waals surface area contributed by atoms with Gasteiger partial charge in [-0.05, 0) is 13.3 Å². The Hall–Kier alpha value is -2.44. The summed E-state index contributed by atoms with van der Waals surface area (Å²) in [6.45, 7) is 3.83. The molecule has 7 nitrogen and oxygen atoms in total. The summed E-state index contributed by atoms with van der Waals surface area (Å²) in [6, 6.07) is 0. The van der Waals surface area contributed by atoms with Crippen molar-refractivity contribution >= 4 is 22.7 Å². The molecule has 0 aliphatic heterocycles. The lowest BCUT2D eigenvalue weighted by atomic mass is 10.1. The summed E-state index contributed by atoms with van der Waals surface area (Å²) >= 11 is 0. The Kier molecular flexibility index (Phi) is 3.97. The standard InChI is InChI=1S/C13H16N4O3/c1-3-5-8-15-6-7-10(14)9(13(19)20-4-2)12(18)17-11(7)16-8/h6H,3-5H2,1-2H3,(H3,14,15,16,17,18). The van der Waals surface area contributed by atoms with Crippen LogP contribution in [0.3, 0.4) is 0 Å². The quantitative estimate of drug-likeness (QED) is 0.807. The van der Waals surface area contributed by atoms with Gasteiger partial charge in [0.15, 0.2) is 0 Å². The molecule has 7 heteroatoms. The lowest BCUT2D eigenvalue weighted by molar-refractivity contribution is 0.0526. The third kappa shape index (κ3) is 2.47. The van der Waals surface area contributed by atoms with Gasteiger partial charge in [-0.25, -0.2) is 14.8 Å². The maximum atomic E-state index is 11.9. The second kappa shape index (κ2) is 5.68. The number of ether oxygens (including phenoxy) is 1. The van der Waals surface area contributed by atoms with E-state index in [1.54, 1.807) is 6.92 Å². The zero-order valence-electron chi connectivity index (χ0n) is 11.4. The molecule has 0 unspecified atom stereocenters. The van der Waals surface area contributed by atoms with Gasteiger partial charge in [0, 0.05) is 12.6 Å². The fourth-order valence-corrected chi connectivity index (χ4v) is 1.89. The van der Waals surface area contributed by atoms with E-state index < -0.39 is 11.5 Å². The number of esters is 1. The minimum atomic E-state index is -0.745. The second-order valence-electron chi connectivity index (χ2n) is 4.26. The number of hydrogen-bond acceptors (Lipinski definition) is 6. The molecular formula is C13H16N4O3. The number of nitrogens with zero attached hydrogens (tertiary/aromatic N) is 2. The third-order valence-electron chi connectivity index (χ3n) is 2.81. The van der Waals surface area contributed by atoms with Crippen LogP contribution in [0.2, 0.25) is 0 Å². The highest BCUT2D eigenvalue weighted by Gasteiger charge is 2.19. The van der Waals surface area contributed by atoms with Crippen molar-refractivity contribution in [1.82, 2.24) is 15.0 Å². The van der Waals surface area contributed by atoms with E-state index in [4.69, 9.17) is 10.5 Å². The number of fused-ring (bicyclic) bond motifs is 1. The highest BCUT2D eigenvalue weighted by atomic mass is 16.5. The van der Waals surface area contributed by atoms with Crippen LogP contribution in [-0.4, -0.2) is 27.5 Å². The Balaban J connectivity index is 2.62. The average Bonchev–Trinajstić information content (AvgIpc) is 2.39. The Morgan fingerprint density at radius 2 is 2.20 bits per heavy atom. The van der Waals surface area contributed by atoms with Crippen LogP contribution >= 0.6 is 0 Å². The maximum Gasteiger partial charge on any atom is 0.345 e. The molecule has 20 heavy (non-hydrogen) atoms. The van der Waals surface area contributed by atoms with E-state index in [1.165, 1.54) is 6.20 Å². The molecule has 0 amide bonds. The maximum absolute atomic E-state index is 11.9. The first-order chi connectivity index (χ1) is 9.58. The van der Waals surface area contributed by atoms with E-state index in [9.17, 15) is 9.59 Å². The van der Waals surface area contributed by atoms with Gasteiger partial charge >= 0.3 is 5.97 Å². The average molecular weight is 276 g/mol. The van der Waals surface area contributed by atoms with Gasteiger partial charge in [0.05, 0.1) is 17.7 Å². The molecule has 0 atom stereocenters. The lowest BCUT2D eigenvalue weighted by Gasteiger charge is -2.08. The summed E-state index contributed by atoms with van der Waals surface area (Å²) in [5.41, 5.74) is 5.45. The Labute approximate surface area is 115 Å². The molecule has 0 radical (unpaired) electrons. The van der Waals surface area contributed by atoms with Crippen molar-refractivity contribution in [2.45, 2.75) is 26.7 Å². The molecule has 3 N–H and O–H groups in total. The first-order valence-electron chi connectivity index (χ1n) is 6.43. The zero-order chi connectivity index (χ0) is 14.7. The van der Waals surface area contributed by atoms with Crippen LogP contribution in [0.5, 0.6) is 0 Å². The Bertz CT molecular complexity index is 709. The van der Waals surface area contributed by atoms with Crippen LogP contribution in [0.4, 0.5) is 5.69 Å². The SMILES string of the molecule is CCCc1ncc2c(N)c(C(=O)OCC)c(=O)[nH]c2n1. The van der Waals surface area contributed by atoms with Crippen molar-refractivity contribution in [3.63, 3.8) is 0 Å². The van der Waals surface area contributed by atoms with Crippen LogP contribution < -0.4 is 11.3 Å². The molecule has 0 saturated carbocycles. The Morgan fingerprint density at radius 1 is 1.45 bits per heavy atom. The number of hydrogen-bond donors (Lipinski definition) is 2. The van der Waals surface area contributed by atoms with Gasteiger partial charge in [-0.1, -0.05) is 6.92 Å². The van der Waals surface area contributed by atoms with Crippen molar-refractivity contribution in [1.29, 1.82) is 0 Å². The summed E-state index contributed by atoms with van der Waals surface area (Å²) in [5, 5.41) is 0.438. The first-order valence-corrected chi connectivity index (χ1v) is 6.43. The number of nitrogens with two attached hydrogens (primary N) is 1. The van der Waals surface area contributed by atoms with Crippen molar-refractivity contribution in [3.8, 4) is 0 Å². The van der Waals surface area contributed by atoms with E-state index in [0.717, 1.165) is 6.42 Å². The van der Waals surface area contributed by atoms with Gasteiger partial charge in [0.2, 0.25) is 0 Å². The zero-order valence-corrected chi connectivity index (χ0v) is 11.4. The van der Waals surface area contributed by atoms with Crippen LogP contribution in [0, 0.1) is 0 Å². The number of aromatic nitrogens is 3. The highest BCUT2D eigenvalue weighted by molar-refractivity contribution is 6.02. The van der Waals surface area contributed by atoms with Crippen LogP contribution in [0.25, 0.3) is 11.0 Å².